The molecule has 0 bridgehead atoms. The van der Waals surface area contributed by atoms with Crippen LogP contribution in [0.2, 0.25) is 0 Å². The van der Waals surface area contributed by atoms with Crippen molar-refractivity contribution >= 4 is 27.7 Å². The highest BCUT2D eigenvalue weighted by atomic mass is 79.9. The molecule has 1 heterocycles. The molecule has 1 nitrogen and oxygen atoms in total. The Morgan fingerprint density at radius 3 is 3.00 bits per heavy atom. The van der Waals surface area contributed by atoms with E-state index in [0.29, 0.717) is 6.04 Å². The van der Waals surface area contributed by atoms with E-state index in [-0.39, 0.29) is 0 Å². The topological polar surface area (TPSA) is 12.0 Å². The maximum atomic E-state index is 3.79. The van der Waals surface area contributed by atoms with E-state index in [4.69, 9.17) is 0 Å². The quantitative estimate of drug-likeness (QED) is 0.807. The molecule has 1 rings (SSSR count). The van der Waals surface area contributed by atoms with Gasteiger partial charge in [-0.3, -0.25) is 0 Å². The summed E-state index contributed by atoms with van der Waals surface area (Å²) in [6, 6.07) is 0.689. The van der Waals surface area contributed by atoms with E-state index >= 15 is 0 Å². The minimum atomic E-state index is 0.689. The number of nitrogens with one attached hydrogen (secondary N) is 1. The van der Waals surface area contributed by atoms with Crippen LogP contribution in [-0.4, -0.2) is 23.6 Å². The molecule has 2 atom stereocenters. The SMILES string of the molecule is C=C(Br)CNC1CCSC1C. The maximum Gasteiger partial charge on any atom is 0.0268 e. The molecule has 1 aliphatic rings. The van der Waals surface area contributed by atoms with Crippen LogP contribution in [0.3, 0.4) is 0 Å². The van der Waals surface area contributed by atoms with Gasteiger partial charge in [-0.25, -0.2) is 0 Å². The van der Waals surface area contributed by atoms with Crippen molar-refractivity contribution in [3.63, 3.8) is 0 Å². The van der Waals surface area contributed by atoms with Gasteiger partial charge in [0.15, 0.2) is 0 Å². The minimum absolute atomic E-state index is 0.689. The highest BCUT2D eigenvalue weighted by Gasteiger charge is 2.22. The standard InChI is InChI=1S/C8H14BrNS/c1-6(9)5-10-8-3-4-11-7(8)2/h7-8,10H,1,3-5H2,2H3. The molecule has 1 saturated heterocycles. The second-order valence-electron chi connectivity index (χ2n) is 2.87. The van der Waals surface area contributed by atoms with Gasteiger partial charge in [0.1, 0.15) is 0 Å². The Kier molecular flexibility index (Phi) is 3.96. The van der Waals surface area contributed by atoms with Gasteiger partial charge in [-0.15, -0.1) is 0 Å². The smallest absolute Gasteiger partial charge is 0.0268 e. The third-order valence-corrected chi connectivity index (χ3v) is 3.54. The van der Waals surface area contributed by atoms with Crippen LogP contribution in [-0.2, 0) is 0 Å². The van der Waals surface area contributed by atoms with Gasteiger partial charge in [-0.1, -0.05) is 29.4 Å². The molecule has 0 spiro atoms. The van der Waals surface area contributed by atoms with E-state index in [1.807, 2.05) is 11.8 Å². The zero-order chi connectivity index (χ0) is 8.27. The van der Waals surface area contributed by atoms with E-state index in [2.05, 4.69) is 34.7 Å². The van der Waals surface area contributed by atoms with Crippen LogP contribution in [0.15, 0.2) is 11.1 Å². The van der Waals surface area contributed by atoms with Crippen LogP contribution in [0.4, 0.5) is 0 Å². The molecule has 0 amide bonds. The normalized spacial score (nSPS) is 30.7. The molecule has 0 aliphatic carbocycles. The fraction of sp³-hybridized carbons (Fsp3) is 0.750. The van der Waals surface area contributed by atoms with Gasteiger partial charge in [0, 0.05) is 22.3 Å². The Labute approximate surface area is 81.1 Å². The van der Waals surface area contributed by atoms with Crippen LogP contribution in [0.5, 0.6) is 0 Å². The van der Waals surface area contributed by atoms with E-state index in [1.54, 1.807) is 0 Å². The third kappa shape index (κ3) is 3.18. The Balaban J connectivity index is 2.20. The number of halogens is 1. The molecule has 2 unspecified atom stereocenters. The maximum absolute atomic E-state index is 3.79. The number of hydrogen-bond donors (Lipinski definition) is 1. The predicted octanol–water partition coefficient (Wildman–Crippen LogP) is 2.38. The summed E-state index contributed by atoms with van der Waals surface area (Å²) in [5.74, 6) is 1.30. The molecule has 64 valence electrons. The lowest BCUT2D eigenvalue weighted by Gasteiger charge is -2.15. The van der Waals surface area contributed by atoms with Gasteiger partial charge in [-0.05, 0) is 12.2 Å². The van der Waals surface area contributed by atoms with Crippen molar-refractivity contribution in [1.29, 1.82) is 0 Å². The summed E-state index contributed by atoms with van der Waals surface area (Å²) in [5, 5.41) is 4.23. The first-order chi connectivity index (χ1) is 5.20. The molecular weight excluding hydrogens is 222 g/mol. The predicted molar refractivity (Wildman–Crippen MR) is 56.4 cm³/mol. The summed E-state index contributed by atoms with van der Waals surface area (Å²) in [4.78, 5) is 0. The molecule has 0 aromatic rings. The summed E-state index contributed by atoms with van der Waals surface area (Å²) >= 11 is 5.39. The summed E-state index contributed by atoms with van der Waals surface area (Å²) < 4.78 is 1.04. The largest absolute Gasteiger partial charge is 0.308 e. The molecule has 1 fully saturated rings. The molecular formula is C8H14BrNS. The van der Waals surface area contributed by atoms with Crippen molar-refractivity contribution in [2.75, 3.05) is 12.3 Å². The lowest BCUT2D eigenvalue weighted by Crippen LogP contribution is -2.33. The Hall–Kier alpha value is 0.530. The fourth-order valence-electron chi connectivity index (χ4n) is 1.24. The van der Waals surface area contributed by atoms with Crippen molar-refractivity contribution in [2.45, 2.75) is 24.6 Å². The van der Waals surface area contributed by atoms with Gasteiger partial charge in [0.25, 0.3) is 0 Å². The van der Waals surface area contributed by atoms with Gasteiger partial charge in [0.05, 0.1) is 0 Å². The zero-order valence-corrected chi connectivity index (χ0v) is 9.17. The van der Waals surface area contributed by atoms with E-state index in [1.165, 1.54) is 12.2 Å². The van der Waals surface area contributed by atoms with Crippen LogP contribution in [0.1, 0.15) is 13.3 Å². The Bertz CT molecular complexity index is 149. The lowest BCUT2D eigenvalue weighted by atomic mass is 10.2. The molecule has 0 radical (unpaired) electrons. The average molecular weight is 236 g/mol. The first-order valence-corrected chi connectivity index (χ1v) is 5.72. The van der Waals surface area contributed by atoms with Gasteiger partial charge >= 0.3 is 0 Å². The van der Waals surface area contributed by atoms with E-state index in [0.717, 1.165) is 16.3 Å². The van der Waals surface area contributed by atoms with Crippen LogP contribution in [0.25, 0.3) is 0 Å². The summed E-state index contributed by atoms with van der Waals surface area (Å²) in [7, 11) is 0. The second-order valence-corrected chi connectivity index (χ2v) is 5.48. The minimum Gasteiger partial charge on any atom is -0.308 e. The highest BCUT2D eigenvalue weighted by Crippen LogP contribution is 2.26. The van der Waals surface area contributed by atoms with Crippen LogP contribution < -0.4 is 5.32 Å². The summed E-state index contributed by atoms with van der Waals surface area (Å²) in [6.07, 6.45) is 1.30. The van der Waals surface area contributed by atoms with Crippen molar-refractivity contribution in [3.05, 3.63) is 11.1 Å². The van der Waals surface area contributed by atoms with Crippen molar-refractivity contribution in [3.8, 4) is 0 Å². The van der Waals surface area contributed by atoms with Crippen molar-refractivity contribution in [1.82, 2.24) is 5.32 Å². The molecule has 1 aliphatic heterocycles. The number of hydrogen-bond acceptors (Lipinski definition) is 2. The summed E-state index contributed by atoms with van der Waals surface area (Å²) in [6.45, 7) is 6.97. The molecule has 1 N–H and O–H groups in total. The highest BCUT2D eigenvalue weighted by molar-refractivity contribution is 9.11. The van der Waals surface area contributed by atoms with Gasteiger partial charge in [-0.2, -0.15) is 11.8 Å². The van der Waals surface area contributed by atoms with Crippen molar-refractivity contribution in [2.24, 2.45) is 0 Å². The van der Waals surface area contributed by atoms with Crippen molar-refractivity contribution < 1.29 is 0 Å². The van der Waals surface area contributed by atoms with Gasteiger partial charge in [0.2, 0.25) is 0 Å². The molecule has 0 aromatic carbocycles. The Morgan fingerprint density at radius 1 is 1.82 bits per heavy atom. The first-order valence-electron chi connectivity index (χ1n) is 3.88. The average Bonchev–Trinajstić information content (AvgIpc) is 2.31. The van der Waals surface area contributed by atoms with Gasteiger partial charge < -0.3 is 5.32 Å². The monoisotopic (exact) mass is 235 g/mol. The Morgan fingerprint density at radius 2 is 2.55 bits per heavy atom. The zero-order valence-electron chi connectivity index (χ0n) is 6.77. The number of rotatable bonds is 3. The molecule has 11 heavy (non-hydrogen) atoms. The van der Waals surface area contributed by atoms with E-state index < -0.39 is 0 Å². The lowest BCUT2D eigenvalue weighted by molar-refractivity contribution is 0.542. The number of thioether (sulfide) groups is 1. The fourth-order valence-corrected chi connectivity index (χ4v) is 2.63. The van der Waals surface area contributed by atoms with Crippen LogP contribution in [0, 0.1) is 0 Å². The van der Waals surface area contributed by atoms with E-state index in [9.17, 15) is 0 Å². The molecule has 0 saturated carbocycles. The molecule has 0 aromatic heterocycles. The first kappa shape index (κ1) is 9.62. The summed E-state index contributed by atoms with van der Waals surface area (Å²) in [5.41, 5.74) is 0. The van der Waals surface area contributed by atoms with Crippen LogP contribution >= 0.6 is 27.7 Å². The molecule has 3 heteroatoms. The third-order valence-electron chi connectivity index (χ3n) is 1.93. The second kappa shape index (κ2) is 4.53.